The largest absolute Gasteiger partial charge is 0.475 e. The SMILES string of the molecule is CC(C)Oc1cc(NN)nc(N)n1. The molecule has 72 valence electrons. The molecule has 0 atom stereocenters. The molecule has 1 rings (SSSR count). The summed E-state index contributed by atoms with van der Waals surface area (Å²) in [4.78, 5) is 7.68. The zero-order chi connectivity index (χ0) is 9.84. The number of nitrogens with two attached hydrogens (primary N) is 2. The van der Waals surface area contributed by atoms with E-state index in [-0.39, 0.29) is 12.1 Å². The van der Waals surface area contributed by atoms with Crippen molar-refractivity contribution in [3.63, 3.8) is 0 Å². The minimum Gasteiger partial charge on any atom is -0.475 e. The summed E-state index contributed by atoms with van der Waals surface area (Å²) in [5.41, 5.74) is 7.78. The molecular weight excluding hydrogens is 170 g/mol. The van der Waals surface area contributed by atoms with Crippen LogP contribution in [0.1, 0.15) is 13.8 Å². The van der Waals surface area contributed by atoms with E-state index in [1.54, 1.807) is 6.07 Å². The number of nitrogens with one attached hydrogen (secondary N) is 1. The molecule has 0 aromatic carbocycles. The van der Waals surface area contributed by atoms with Crippen molar-refractivity contribution in [1.29, 1.82) is 0 Å². The molecular formula is C7H13N5O. The second-order valence-corrected chi connectivity index (χ2v) is 2.76. The number of nitrogen functional groups attached to an aromatic ring is 2. The number of rotatable bonds is 3. The Hall–Kier alpha value is -1.56. The number of hydrogen-bond donors (Lipinski definition) is 3. The molecule has 0 fully saturated rings. The van der Waals surface area contributed by atoms with Crippen LogP contribution in [-0.4, -0.2) is 16.1 Å². The second kappa shape index (κ2) is 3.90. The minimum atomic E-state index is 0.0416. The lowest BCUT2D eigenvalue weighted by Gasteiger charge is -2.09. The van der Waals surface area contributed by atoms with E-state index < -0.39 is 0 Å². The molecule has 1 aromatic rings. The fourth-order valence-corrected chi connectivity index (χ4v) is 0.819. The van der Waals surface area contributed by atoms with E-state index in [4.69, 9.17) is 16.3 Å². The quantitative estimate of drug-likeness (QED) is 0.455. The molecule has 1 aromatic heterocycles. The smallest absolute Gasteiger partial charge is 0.225 e. The molecule has 0 saturated heterocycles. The van der Waals surface area contributed by atoms with E-state index in [0.29, 0.717) is 11.7 Å². The molecule has 0 aliphatic carbocycles. The third kappa shape index (κ3) is 2.75. The van der Waals surface area contributed by atoms with E-state index in [9.17, 15) is 0 Å². The first kappa shape index (κ1) is 9.53. The minimum absolute atomic E-state index is 0.0416. The van der Waals surface area contributed by atoms with Crippen LogP contribution in [-0.2, 0) is 0 Å². The maximum Gasteiger partial charge on any atom is 0.225 e. The monoisotopic (exact) mass is 183 g/mol. The van der Waals surface area contributed by atoms with Crippen LogP contribution < -0.4 is 21.7 Å². The summed E-state index contributed by atoms with van der Waals surface area (Å²) >= 11 is 0. The van der Waals surface area contributed by atoms with Crippen molar-refractivity contribution in [2.24, 2.45) is 5.84 Å². The molecule has 0 unspecified atom stereocenters. The highest BCUT2D eigenvalue weighted by Gasteiger charge is 2.03. The molecule has 6 heteroatoms. The first-order chi connectivity index (χ1) is 6.11. The molecule has 0 aliphatic rings. The van der Waals surface area contributed by atoms with Crippen molar-refractivity contribution < 1.29 is 4.74 Å². The van der Waals surface area contributed by atoms with Crippen LogP contribution in [0.2, 0.25) is 0 Å². The first-order valence-electron chi connectivity index (χ1n) is 3.89. The third-order valence-corrected chi connectivity index (χ3v) is 1.22. The van der Waals surface area contributed by atoms with Gasteiger partial charge in [-0.1, -0.05) is 0 Å². The van der Waals surface area contributed by atoms with Crippen LogP contribution >= 0.6 is 0 Å². The fraction of sp³-hybridized carbons (Fsp3) is 0.429. The lowest BCUT2D eigenvalue weighted by molar-refractivity contribution is 0.233. The number of ether oxygens (including phenoxy) is 1. The molecule has 5 N–H and O–H groups in total. The van der Waals surface area contributed by atoms with Gasteiger partial charge in [0.25, 0.3) is 0 Å². The highest BCUT2D eigenvalue weighted by atomic mass is 16.5. The number of hydrogen-bond acceptors (Lipinski definition) is 6. The van der Waals surface area contributed by atoms with Gasteiger partial charge in [-0.15, -0.1) is 0 Å². The van der Waals surface area contributed by atoms with Crippen molar-refractivity contribution >= 4 is 11.8 Å². The Labute approximate surface area is 76.3 Å². The van der Waals surface area contributed by atoms with Gasteiger partial charge < -0.3 is 15.9 Å². The average Bonchev–Trinajstić information content (AvgIpc) is 2.01. The van der Waals surface area contributed by atoms with E-state index in [1.807, 2.05) is 13.8 Å². The molecule has 13 heavy (non-hydrogen) atoms. The summed E-state index contributed by atoms with van der Waals surface area (Å²) in [7, 11) is 0. The average molecular weight is 183 g/mol. The van der Waals surface area contributed by atoms with Gasteiger partial charge in [-0.3, -0.25) is 0 Å². The highest BCUT2D eigenvalue weighted by molar-refractivity contribution is 5.41. The summed E-state index contributed by atoms with van der Waals surface area (Å²) in [6.45, 7) is 3.79. The fourth-order valence-electron chi connectivity index (χ4n) is 0.819. The van der Waals surface area contributed by atoms with E-state index >= 15 is 0 Å². The first-order valence-corrected chi connectivity index (χ1v) is 3.89. The van der Waals surface area contributed by atoms with Gasteiger partial charge in [0.05, 0.1) is 6.10 Å². The van der Waals surface area contributed by atoms with Gasteiger partial charge in [0, 0.05) is 6.07 Å². The van der Waals surface area contributed by atoms with Crippen molar-refractivity contribution in [2.75, 3.05) is 11.2 Å². The number of hydrazine groups is 1. The van der Waals surface area contributed by atoms with Gasteiger partial charge in [0.1, 0.15) is 5.82 Å². The third-order valence-electron chi connectivity index (χ3n) is 1.22. The second-order valence-electron chi connectivity index (χ2n) is 2.76. The standard InChI is InChI=1S/C7H13N5O/c1-4(2)13-6-3-5(12-9)10-7(8)11-6/h3-4H,9H2,1-2H3,(H3,8,10,11,12). The van der Waals surface area contributed by atoms with Gasteiger partial charge in [-0.25, -0.2) is 5.84 Å². The Morgan fingerprint density at radius 2 is 2.15 bits per heavy atom. The van der Waals surface area contributed by atoms with E-state index in [0.717, 1.165) is 0 Å². The summed E-state index contributed by atoms with van der Waals surface area (Å²) in [6.07, 6.45) is 0.0416. The number of aromatic nitrogens is 2. The Morgan fingerprint density at radius 3 is 2.69 bits per heavy atom. The van der Waals surface area contributed by atoms with Crippen molar-refractivity contribution in [2.45, 2.75) is 20.0 Å². The van der Waals surface area contributed by atoms with Crippen LogP contribution in [0.15, 0.2) is 6.07 Å². The maximum absolute atomic E-state index is 5.41. The zero-order valence-electron chi connectivity index (χ0n) is 7.61. The van der Waals surface area contributed by atoms with Gasteiger partial charge in [-0.05, 0) is 13.8 Å². The maximum atomic E-state index is 5.41. The lowest BCUT2D eigenvalue weighted by Crippen LogP contribution is -2.13. The Morgan fingerprint density at radius 1 is 1.46 bits per heavy atom. The van der Waals surface area contributed by atoms with Crippen LogP contribution in [0.25, 0.3) is 0 Å². The molecule has 0 bridgehead atoms. The predicted molar refractivity (Wildman–Crippen MR) is 50.0 cm³/mol. The van der Waals surface area contributed by atoms with E-state index in [1.165, 1.54) is 0 Å². The Bertz CT molecular complexity index is 288. The normalized spacial score (nSPS) is 10.2. The summed E-state index contributed by atoms with van der Waals surface area (Å²) in [6, 6.07) is 1.58. The van der Waals surface area contributed by atoms with Crippen LogP contribution in [0, 0.1) is 0 Å². The Balaban J connectivity index is 2.88. The topological polar surface area (TPSA) is 99.1 Å². The molecule has 0 radical (unpaired) electrons. The van der Waals surface area contributed by atoms with Crippen molar-refractivity contribution in [3.8, 4) is 5.88 Å². The summed E-state index contributed by atoms with van der Waals surface area (Å²) in [5, 5.41) is 0. The summed E-state index contributed by atoms with van der Waals surface area (Å²) < 4.78 is 5.31. The molecule has 0 saturated carbocycles. The molecule has 1 heterocycles. The number of anilines is 2. The molecule has 0 aliphatic heterocycles. The van der Waals surface area contributed by atoms with Gasteiger partial charge in [0.2, 0.25) is 11.8 Å². The summed E-state index contributed by atoms with van der Waals surface area (Å²) in [5.74, 6) is 6.14. The van der Waals surface area contributed by atoms with Crippen LogP contribution in [0.4, 0.5) is 11.8 Å². The molecule has 0 spiro atoms. The van der Waals surface area contributed by atoms with Gasteiger partial charge >= 0.3 is 0 Å². The highest BCUT2D eigenvalue weighted by Crippen LogP contribution is 2.14. The van der Waals surface area contributed by atoms with Crippen molar-refractivity contribution in [1.82, 2.24) is 9.97 Å². The van der Waals surface area contributed by atoms with Crippen LogP contribution in [0.3, 0.4) is 0 Å². The van der Waals surface area contributed by atoms with E-state index in [2.05, 4.69) is 15.4 Å². The molecule has 0 amide bonds. The van der Waals surface area contributed by atoms with Gasteiger partial charge in [0.15, 0.2) is 0 Å². The predicted octanol–water partition coefficient (Wildman–Crippen LogP) is 0.132. The zero-order valence-corrected chi connectivity index (χ0v) is 7.61. The Kier molecular flexibility index (Phi) is 2.86. The molecule has 6 nitrogen and oxygen atoms in total. The lowest BCUT2D eigenvalue weighted by atomic mass is 10.5. The van der Waals surface area contributed by atoms with Crippen molar-refractivity contribution in [3.05, 3.63) is 6.07 Å². The van der Waals surface area contributed by atoms with Gasteiger partial charge in [-0.2, -0.15) is 9.97 Å². The number of nitrogens with zero attached hydrogens (tertiary/aromatic N) is 2. The van der Waals surface area contributed by atoms with Crippen LogP contribution in [0.5, 0.6) is 5.88 Å².